The maximum atomic E-state index is 12.9. The molecule has 0 aliphatic rings. The standard InChI is InChI=1S/C35H33N5OS/c1-25-14-8-9-19-28(25)24-40-30-21-11-10-20-29(30)33-34(40)37-35(39-38-33)42-23-13-12-22-31(41)36-32(26-15-4-2-5-16-26)27-17-6-3-7-18-27/h2-11,14-21,32H,12-13,22-24H2,1H3,(H,36,41). The van der Waals surface area contributed by atoms with Crippen LogP contribution in [0.3, 0.4) is 0 Å². The molecule has 0 spiro atoms. The summed E-state index contributed by atoms with van der Waals surface area (Å²) in [6.45, 7) is 2.86. The van der Waals surface area contributed by atoms with Crippen molar-refractivity contribution in [3.05, 3.63) is 131 Å². The van der Waals surface area contributed by atoms with Crippen molar-refractivity contribution in [2.45, 2.75) is 43.9 Å². The zero-order chi connectivity index (χ0) is 28.7. The fourth-order valence-electron chi connectivity index (χ4n) is 5.30. The van der Waals surface area contributed by atoms with Crippen LogP contribution in [-0.4, -0.2) is 31.4 Å². The number of hydrogen-bond donors (Lipinski definition) is 1. The first-order valence-corrected chi connectivity index (χ1v) is 15.3. The van der Waals surface area contributed by atoms with Crippen LogP contribution in [0.5, 0.6) is 0 Å². The second kappa shape index (κ2) is 13.0. The molecule has 6 rings (SSSR count). The average molecular weight is 572 g/mol. The van der Waals surface area contributed by atoms with Gasteiger partial charge in [-0.25, -0.2) is 4.98 Å². The molecule has 0 aliphatic carbocycles. The summed E-state index contributed by atoms with van der Waals surface area (Å²) in [6.07, 6.45) is 2.14. The molecule has 2 heterocycles. The zero-order valence-electron chi connectivity index (χ0n) is 23.6. The molecule has 7 heteroatoms. The summed E-state index contributed by atoms with van der Waals surface area (Å²) in [5, 5.41) is 14.0. The van der Waals surface area contributed by atoms with Crippen LogP contribution < -0.4 is 5.32 Å². The lowest BCUT2D eigenvalue weighted by Gasteiger charge is -2.20. The Labute approximate surface area is 250 Å². The quantitative estimate of drug-likeness (QED) is 0.129. The summed E-state index contributed by atoms with van der Waals surface area (Å²) >= 11 is 1.59. The van der Waals surface area contributed by atoms with Gasteiger partial charge in [0, 0.05) is 24.1 Å². The highest BCUT2D eigenvalue weighted by Crippen LogP contribution is 2.29. The number of thioether (sulfide) groups is 1. The van der Waals surface area contributed by atoms with Gasteiger partial charge in [0.2, 0.25) is 11.1 Å². The molecule has 0 radical (unpaired) electrons. The van der Waals surface area contributed by atoms with Crippen molar-refractivity contribution in [2.75, 3.05) is 5.75 Å². The largest absolute Gasteiger partial charge is 0.345 e. The number of unbranched alkanes of at least 4 members (excludes halogenated alkanes) is 1. The van der Waals surface area contributed by atoms with Crippen LogP contribution >= 0.6 is 11.8 Å². The van der Waals surface area contributed by atoms with Gasteiger partial charge in [-0.3, -0.25) is 4.79 Å². The van der Waals surface area contributed by atoms with Crippen LogP contribution in [0, 0.1) is 6.92 Å². The topological polar surface area (TPSA) is 72.7 Å². The molecule has 6 aromatic rings. The molecule has 0 unspecified atom stereocenters. The van der Waals surface area contributed by atoms with Crippen LogP contribution in [0.25, 0.3) is 22.1 Å². The Morgan fingerprint density at radius 2 is 1.48 bits per heavy atom. The summed E-state index contributed by atoms with van der Waals surface area (Å²) in [4.78, 5) is 17.9. The Bertz CT molecular complexity index is 1760. The van der Waals surface area contributed by atoms with Crippen LogP contribution in [0.2, 0.25) is 0 Å². The molecule has 0 fully saturated rings. The summed E-state index contributed by atoms with van der Waals surface area (Å²) in [5.74, 6) is 0.872. The molecule has 2 aromatic heterocycles. The van der Waals surface area contributed by atoms with E-state index in [1.165, 1.54) is 11.1 Å². The first kappa shape index (κ1) is 27.7. The number of nitrogens with zero attached hydrogens (tertiary/aromatic N) is 4. The fraction of sp³-hybridized carbons (Fsp3) is 0.200. The van der Waals surface area contributed by atoms with E-state index in [4.69, 9.17) is 4.98 Å². The number of hydrogen-bond acceptors (Lipinski definition) is 5. The summed E-state index contributed by atoms with van der Waals surface area (Å²) < 4.78 is 2.24. The molecular formula is C35H33N5OS. The van der Waals surface area contributed by atoms with Gasteiger partial charge in [-0.1, -0.05) is 115 Å². The van der Waals surface area contributed by atoms with Crippen molar-refractivity contribution in [3.63, 3.8) is 0 Å². The first-order valence-electron chi connectivity index (χ1n) is 14.4. The molecule has 1 amide bonds. The van der Waals surface area contributed by atoms with E-state index in [9.17, 15) is 4.79 Å². The van der Waals surface area contributed by atoms with Gasteiger partial charge >= 0.3 is 0 Å². The lowest BCUT2D eigenvalue weighted by molar-refractivity contribution is -0.121. The maximum absolute atomic E-state index is 12.9. The lowest BCUT2D eigenvalue weighted by atomic mass is 9.98. The number of aromatic nitrogens is 4. The molecule has 4 aromatic carbocycles. The molecule has 1 N–H and O–H groups in total. The van der Waals surface area contributed by atoms with E-state index in [0.29, 0.717) is 11.6 Å². The molecule has 42 heavy (non-hydrogen) atoms. The highest BCUT2D eigenvalue weighted by atomic mass is 32.2. The van der Waals surface area contributed by atoms with Gasteiger partial charge in [0.05, 0.1) is 11.6 Å². The van der Waals surface area contributed by atoms with Crippen molar-refractivity contribution in [1.82, 2.24) is 25.1 Å². The maximum Gasteiger partial charge on any atom is 0.220 e. The van der Waals surface area contributed by atoms with Crippen molar-refractivity contribution < 1.29 is 4.79 Å². The fourth-order valence-corrected chi connectivity index (χ4v) is 6.08. The number of amides is 1. The van der Waals surface area contributed by atoms with Crippen molar-refractivity contribution >= 4 is 39.7 Å². The van der Waals surface area contributed by atoms with E-state index < -0.39 is 0 Å². The monoisotopic (exact) mass is 571 g/mol. The molecule has 0 saturated carbocycles. The van der Waals surface area contributed by atoms with Crippen molar-refractivity contribution in [2.24, 2.45) is 0 Å². The van der Waals surface area contributed by atoms with Crippen molar-refractivity contribution in [3.8, 4) is 0 Å². The normalized spacial score (nSPS) is 11.4. The Hall–Kier alpha value is -4.49. The Balaban J connectivity index is 1.09. The highest BCUT2D eigenvalue weighted by Gasteiger charge is 2.17. The first-order chi connectivity index (χ1) is 20.7. The van der Waals surface area contributed by atoms with Gasteiger partial charge < -0.3 is 9.88 Å². The predicted octanol–water partition coefficient (Wildman–Crippen LogP) is 7.50. The Morgan fingerprint density at radius 3 is 2.21 bits per heavy atom. The zero-order valence-corrected chi connectivity index (χ0v) is 24.4. The van der Waals surface area contributed by atoms with E-state index in [1.54, 1.807) is 11.8 Å². The molecule has 0 saturated heterocycles. The molecule has 6 nitrogen and oxygen atoms in total. The van der Waals surface area contributed by atoms with Gasteiger partial charge in [0.1, 0.15) is 5.52 Å². The van der Waals surface area contributed by atoms with Crippen LogP contribution in [0.15, 0.2) is 114 Å². The Morgan fingerprint density at radius 1 is 0.810 bits per heavy atom. The predicted molar refractivity (Wildman–Crippen MR) is 171 cm³/mol. The van der Waals surface area contributed by atoms with E-state index in [0.717, 1.165) is 58.3 Å². The number of nitrogens with one attached hydrogen (secondary N) is 1. The van der Waals surface area contributed by atoms with Crippen LogP contribution in [0.1, 0.15) is 47.6 Å². The van der Waals surface area contributed by atoms with Gasteiger partial charge in [0.25, 0.3) is 0 Å². The molecule has 0 bridgehead atoms. The molecule has 0 aliphatic heterocycles. The molecule has 0 atom stereocenters. The lowest BCUT2D eigenvalue weighted by Crippen LogP contribution is -2.29. The smallest absolute Gasteiger partial charge is 0.220 e. The number of carbonyl (C=O) groups is 1. The summed E-state index contributed by atoms with van der Waals surface area (Å²) in [6, 6.07) is 36.8. The number of carbonyl (C=O) groups excluding carboxylic acids is 1. The third-order valence-corrected chi connectivity index (χ3v) is 8.47. The van der Waals surface area contributed by atoms with E-state index in [2.05, 4.69) is 93.7 Å². The van der Waals surface area contributed by atoms with E-state index in [1.807, 2.05) is 42.5 Å². The molecule has 210 valence electrons. The number of para-hydroxylation sites is 1. The third kappa shape index (κ3) is 6.21. The van der Waals surface area contributed by atoms with Crippen LogP contribution in [-0.2, 0) is 11.3 Å². The minimum atomic E-state index is -0.160. The second-order valence-electron chi connectivity index (χ2n) is 10.4. The van der Waals surface area contributed by atoms with Crippen LogP contribution in [0.4, 0.5) is 0 Å². The molecular weight excluding hydrogens is 538 g/mol. The van der Waals surface area contributed by atoms with Gasteiger partial charge in [-0.05, 0) is 48.1 Å². The van der Waals surface area contributed by atoms with Gasteiger partial charge in [-0.2, -0.15) is 0 Å². The average Bonchev–Trinajstić information content (AvgIpc) is 3.34. The second-order valence-corrected chi connectivity index (χ2v) is 11.5. The van der Waals surface area contributed by atoms with Gasteiger partial charge in [-0.15, -0.1) is 10.2 Å². The number of rotatable bonds is 11. The number of aryl methyl sites for hydroxylation is 1. The number of fused-ring (bicyclic) bond motifs is 3. The SMILES string of the molecule is Cc1ccccc1Cn1c2ccccc2c2nnc(SCCCCC(=O)NC(c3ccccc3)c3ccccc3)nc21. The minimum Gasteiger partial charge on any atom is -0.345 e. The summed E-state index contributed by atoms with van der Waals surface area (Å²) in [5.41, 5.74) is 7.45. The van der Waals surface area contributed by atoms with E-state index in [-0.39, 0.29) is 11.9 Å². The van der Waals surface area contributed by atoms with E-state index >= 15 is 0 Å². The Kier molecular flexibility index (Phi) is 8.56. The minimum absolute atomic E-state index is 0.0535. The highest BCUT2D eigenvalue weighted by molar-refractivity contribution is 7.99. The number of benzene rings is 4. The summed E-state index contributed by atoms with van der Waals surface area (Å²) in [7, 11) is 0. The third-order valence-electron chi connectivity index (χ3n) is 7.54. The van der Waals surface area contributed by atoms with Crippen molar-refractivity contribution in [1.29, 1.82) is 0 Å². The van der Waals surface area contributed by atoms with Gasteiger partial charge in [0.15, 0.2) is 5.65 Å².